The highest BCUT2D eigenvalue weighted by atomic mass is 13.9. The lowest BCUT2D eigenvalue weighted by Gasteiger charge is -1.92. The molecule has 0 spiro atoms. The lowest BCUT2D eigenvalue weighted by atomic mass is 10.1. The van der Waals surface area contributed by atoms with Gasteiger partial charge >= 0.3 is 0 Å². The molecule has 0 nitrogen and oxygen atoms in total. The summed E-state index contributed by atoms with van der Waals surface area (Å²) in [5.74, 6) is 0. The first kappa shape index (κ1) is 14.5. The molecule has 0 aromatic heterocycles. The Morgan fingerprint density at radius 1 is 0.533 bits per heavy atom. The number of rotatable bonds is 10. The lowest BCUT2D eigenvalue weighted by molar-refractivity contribution is 0.799. The molecule has 15 heavy (non-hydrogen) atoms. The van der Waals surface area contributed by atoms with Crippen LogP contribution >= 0.6 is 0 Å². The normalized spacial score (nSPS) is 11.9. The summed E-state index contributed by atoms with van der Waals surface area (Å²) in [4.78, 5) is 0. The van der Waals surface area contributed by atoms with E-state index in [0.29, 0.717) is 0 Å². The van der Waals surface area contributed by atoms with Gasteiger partial charge in [-0.1, -0.05) is 63.8 Å². The third kappa shape index (κ3) is 13.5. The lowest BCUT2D eigenvalue weighted by Crippen LogP contribution is -1.72. The SMILES string of the molecule is CCCC/C=C/CCC/C=C/CCCC. The Morgan fingerprint density at radius 3 is 1.20 bits per heavy atom. The first-order valence-corrected chi connectivity index (χ1v) is 6.71. The van der Waals surface area contributed by atoms with E-state index in [1.807, 2.05) is 0 Å². The van der Waals surface area contributed by atoms with Crippen LogP contribution in [0.1, 0.15) is 71.6 Å². The maximum absolute atomic E-state index is 2.34. The molecule has 0 amide bonds. The molecule has 0 radical (unpaired) electrons. The Bertz CT molecular complexity index is 135. The van der Waals surface area contributed by atoms with Crippen LogP contribution in [0.25, 0.3) is 0 Å². The van der Waals surface area contributed by atoms with Crippen molar-refractivity contribution in [1.82, 2.24) is 0 Å². The maximum Gasteiger partial charge on any atom is -0.0348 e. The average molecular weight is 208 g/mol. The van der Waals surface area contributed by atoms with E-state index in [1.165, 1.54) is 57.8 Å². The van der Waals surface area contributed by atoms with Gasteiger partial charge in [-0.25, -0.2) is 0 Å². The zero-order valence-corrected chi connectivity index (χ0v) is 10.7. The highest BCUT2D eigenvalue weighted by molar-refractivity contribution is 4.85. The van der Waals surface area contributed by atoms with Gasteiger partial charge in [0.2, 0.25) is 0 Å². The number of unbranched alkanes of at least 4 members (excludes halogenated alkanes) is 6. The number of hydrogen-bond acceptors (Lipinski definition) is 0. The van der Waals surface area contributed by atoms with Crippen molar-refractivity contribution in [2.24, 2.45) is 0 Å². The van der Waals surface area contributed by atoms with Gasteiger partial charge in [0.05, 0.1) is 0 Å². The molecule has 0 aromatic carbocycles. The smallest absolute Gasteiger partial charge is 0.0348 e. The Kier molecular flexibility index (Phi) is 13.0. The molecule has 0 heterocycles. The third-order valence-corrected chi connectivity index (χ3v) is 2.52. The van der Waals surface area contributed by atoms with Gasteiger partial charge in [0, 0.05) is 0 Å². The van der Waals surface area contributed by atoms with E-state index in [9.17, 15) is 0 Å². The van der Waals surface area contributed by atoms with Gasteiger partial charge < -0.3 is 0 Å². The average Bonchev–Trinajstić information content (AvgIpc) is 2.26. The second-order valence-corrected chi connectivity index (χ2v) is 4.16. The zero-order chi connectivity index (χ0) is 11.2. The molecule has 0 aliphatic rings. The van der Waals surface area contributed by atoms with Crippen molar-refractivity contribution in [3.05, 3.63) is 24.3 Å². The Hall–Kier alpha value is -0.520. The number of hydrogen-bond donors (Lipinski definition) is 0. The van der Waals surface area contributed by atoms with Crippen molar-refractivity contribution in [3.8, 4) is 0 Å². The summed E-state index contributed by atoms with van der Waals surface area (Å²) in [7, 11) is 0. The fourth-order valence-electron chi connectivity index (χ4n) is 1.47. The van der Waals surface area contributed by atoms with Crippen LogP contribution in [0.3, 0.4) is 0 Å². The summed E-state index contributed by atoms with van der Waals surface area (Å²) in [6.07, 6.45) is 21.0. The van der Waals surface area contributed by atoms with E-state index >= 15 is 0 Å². The largest absolute Gasteiger partial charge is 0.0885 e. The maximum atomic E-state index is 2.34. The predicted octanol–water partition coefficient (Wildman–Crippen LogP) is 5.65. The highest BCUT2D eigenvalue weighted by Gasteiger charge is 1.82. The zero-order valence-electron chi connectivity index (χ0n) is 10.7. The first-order chi connectivity index (χ1) is 7.41. The van der Waals surface area contributed by atoms with E-state index in [4.69, 9.17) is 0 Å². The summed E-state index contributed by atoms with van der Waals surface area (Å²) in [5.41, 5.74) is 0. The fraction of sp³-hybridized carbons (Fsp3) is 0.733. The molecular weight excluding hydrogens is 180 g/mol. The van der Waals surface area contributed by atoms with Gasteiger partial charge in [-0.3, -0.25) is 0 Å². The molecule has 0 aliphatic heterocycles. The van der Waals surface area contributed by atoms with Crippen molar-refractivity contribution in [2.45, 2.75) is 71.6 Å². The minimum absolute atomic E-state index is 1.25. The molecular formula is C15H28. The minimum atomic E-state index is 1.25. The van der Waals surface area contributed by atoms with E-state index < -0.39 is 0 Å². The van der Waals surface area contributed by atoms with Crippen LogP contribution in [0, 0.1) is 0 Å². The van der Waals surface area contributed by atoms with Gasteiger partial charge in [0.1, 0.15) is 0 Å². The quantitative estimate of drug-likeness (QED) is 0.321. The second kappa shape index (κ2) is 13.5. The van der Waals surface area contributed by atoms with Gasteiger partial charge in [0.25, 0.3) is 0 Å². The summed E-state index contributed by atoms with van der Waals surface area (Å²) in [5, 5.41) is 0. The van der Waals surface area contributed by atoms with Gasteiger partial charge in [-0.05, 0) is 32.1 Å². The molecule has 0 bridgehead atoms. The van der Waals surface area contributed by atoms with Crippen LogP contribution in [-0.2, 0) is 0 Å². The van der Waals surface area contributed by atoms with Crippen LogP contribution in [0.5, 0.6) is 0 Å². The van der Waals surface area contributed by atoms with Crippen molar-refractivity contribution < 1.29 is 0 Å². The minimum Gasteiger partial charge on any atom is -0.0885 e. The van der Waals surface area contributed by atoms with E-state index in [0.717, 1.165) is 0 Å². The van der Waals surface area contributed by atoms with Crippen molar-refractivity contribution in [3.63, 3.8) is 0 Å². The summed E-state index contributed by atoms with van der Waals surface area (Å²) in [6.45, 7) is 4.49. The van der Waals surface area contributed by atoms with E-state index in [2.05, 4.69) is 38.2 Å². The Labute approximate surface area is 96.5 Å². The van der Waals surface area contributed by atoms with Crippen molar-refractivity contribution in [2.75, 3.05) is 0 Å². The Balaban J connectivity index is 3.10. The monoisotopic (exact) mass is 208 g/mol. The van der Waals surface area contributed by atoms with E-state index in [-0.39, 0.29) is 0 Å². The van der Waals surface area contributed by atoms with Crippen LogP contribution in [0.4, 0.5) is 0 Å². The van der Waals surface area contributed by atoms with Crippen LogP contribution in [0.2, 0.25) is 0 Å². The predicted molar refractivity (Wildman–Crippen MR) is 71.2 cm³/mol. The summed E-state index contributed by atoms with van der Waals surface area (Å²) >= 11 is 0. The molecule has 0 N–H and O–H groups in total. The van der Waals surface area contributed by atoms with Crippen LogP contribution in [0.15, 0.2) is 24.3 Å². The summed E-state index contributed by atoms with van der Waals surface area (Å²) < 4.78 is 0. The molecule has 0 aliphatic carbocycles. The first-order valence-electron chi connectivity index (χ1n) is 6.71. The number of allylic oxidation sites excluding steroid dienone is 4. The van der Waals surface area contributed by atoms with Gasteiger partial charge in [-0.2, -0.15) is 0 Å². The van der Waals surface area contributed by atoms with Crippen LogP contribution < -0.4 is 0 Å². The van der Waals surface area contributed by atoms with Crippen LogP contribution in [-0.4, -0.2) is 0 Å². The summed E-state index contributed by atoms with van der Waals surface area (Å²) in [6, 6.07) is 0. The molecule has 0 rings (SSSR count). The molecule has 0 unspecified atom stereocenters. The van der Waals surface area contributed by atoms with Crippen molar-refractivity contribution >= 4 is 0 Å². The van der Waals surface area contributed by atoms with Gasteiger partial charge in [0.15, 0.2) is 0 Å². The third-order valence-electron chi connectivity index (χ3n) is 2.52. The Morgan fingerprint density at radius 2 is 0.867 bits per heavy atom. The molecule has 0 atom stereocenters. The molecule has 0 aromatic rings. The molecule has 88 valence electrons. The second-order valence-electron chi connectivity index (χ2n) is 4.16. The molecule has 0 heteroatoms. The van der Waals surface area contributed by atoms with Crippen molar-refractivity contribution in [1.29, 1.82) is 0 Å². The molecule has 0 fully saturated rings. The highest BCUT2D eigenvalue weighted by Crippen LogP contribution is 2.02. The van der Waals surface area contributed by atoms with Gasteiger partial charge in [-0.15, -0.1) is 0 Å². The molecule has 0 saturated heterocycles. The molecule has 0 saturated carbocycles. The topological polar surface area (TPSA) is 0 Å². The van der Waals surface area contributed by atoms with E-state index in [1.54, 1.807) is 0 Å². The fourth-order valence-corrected chi connectivity index (χ4v) is 1.47. The standard InChI is InChI=1S/C15H28/c1-3-5-7-9-11-13-15-14-12-10-8-6-4-2/h9-12H,3-8,13-15H2,1-2H3/b11-9+,12-10+.